The molecule has 48 heavy (non-hydrogen) atoms. The highest BCUT2D eigenvalue weighted by Gasteiger charge is 2.52. The highest BCUT2D eigenvalue weighted by atomic mass is 19.1. The zero-order chi connectivity index (χ0) is 32.3. The highest BCUT2D eigenvalue weighted by molar-refractivity contribution is 5.92. The first-order valence-corrected chi connectivity index (χ1v) is 17.8. The first kappa shape index (κ1) is 30.7. The third kappa shape index (κ3) is 5.27. The fourth-order valence-electron chi connectivity index (χ4n) is 10.1. The largest absolute Gasteiger partial charge is 0.347 e. The van der Waals surface area contributed by atoms with Crippen molar-refractivity contribution in [3.63, 3.8) is 0 Å². The molecule has 4 aliphatic carbocycles. The van der Waals surface area contributed by atoms with Crippen LogP contribution in [-0.4, -0.2) is 48.0 Å². The Bertz CT molecular complexity index is 1870. The lowest BCUT2D eigenvalue weighted by Crippen LogP contribution is -2.47. The van der Waals surface area contributed by atoms with E-state index >= 15 is 0 Å². The van der Waals surface area contributed by atoms with E-state index in [4.69, 9.17) is 18.9 Å². The lowest BCUT2D eigenvalue weighted by Gasteiger charge is -2.48. The van der Waals surface area contributed by atoms with Crippen LogP contribution in [0.15, 0.2) is 67.0 Å². The van der Waals surface area contributed by atoms with Crippen LogP contribution < -0.4 is 0 Å². The van der Waals surface area contributed by atoms with Crippen molar-refractivity contribution in [2.24, 2.45) is 23.7 Å². The van der Waals surface area contributed by atoms with Crippen molar-refractivity contribution >= 4 is 27.4 Å². The lowest BCUT2D eigenvalue weighted by molar-refractivity contribution is -0.228. The molecule has 2 aromatic heterocycles. The minimum absolute atomic E-state index is 0.180. The Labute approximate surface area is 279 Å². The van der Waals surface area contributed by atoms with E-state index in [1.807, 2.05) is 18.5 Å². The molecule has 5 fully saturated rings. The van der Waals surface area contributed by atoms with Gasteiger partial charge in [0.25, 0.3) is 0 Å². The Morgan fingerprint density at radius 3 is 2.04 bits per heavy atom. The summed E-state index contributed by atoms with van der Waals surface area (Å²) in [4.78, 5) is 8.79. The summed E-state index contributed by atoms with van der Waals surface area (Å²) in [6.07, 6.45) is 15.6. The minimum atomic E-state index is -0.342. The van der Waals surface area contributed by atoms with Crippen molar-refractivity contribution in [3.05, 3.63) is 89.8 Å². The standard InChI is InChI=1S/C20H22FNO2.C20H20FNO2/c2*21-15-2-4-19-18(12-15)17(6-8-22-19)16-3-1-14-11-13(16)5-7-20(14)23-9-10-24-20/h2,4,6,8,12-14,16H,1,3,5,7,9-11H2;2-4,6,8,12-14H,1,5,7,9-11H2. The number of allylic oxidation sites excluding steroid dienone is 2. The predicted octanol–water partition coefficient (Wildman–Crippen LogP) is 8.73. The molecule has 0 amide bonds. The van der Waals surface area contributed by atoms with Crippen molar-refractivity contribution in [1.82, 2.24) is 9.97 Å². The van der Waals surface area contributed by atoms with Crippen LogP contribution in [0.1, 0.15) is 74.8 Å². The molecular formula is C40H42F2N2O4. The number of ether oxygens (including phenoxy) is 4. The van der Waals surface area contributed by atoms with E-state index in [0.717, 1.165) is 98.4 Å². The first-order chi connectivity index (χ1) is 23.5. The molecule has 2 aliphatic heterocycles. The average Bonchev–Trinajstić information content (AvgIpc) is 3.80. The van der Waals surface area contributed by atoms with Crippen LogP contribution in [0.4, 0.5) is 8.78 Å². The maximum Gasteiger partial charge on any atom is 0.171 e. The highest BCUT2D eigenvalue weighted by Crippen LogP contribution is 2.55. The number of benzene rings is 2. The molecule has 4 bridgehead atoms. The minimum Gasteiger partial charge on any atom is -0.347 e. The fraction of sp³-hybridized carbons (Fsp3) is 0.500. The molecule has 4 aromatic rings. The average molecular weight is 653 g/mol. The van der Waals surface area contributed by atoms with Crippen molar-refractivity contribution in [1.29, 1.82) is 0 Å². The van der Waals surface area contributed by atoms with E-state index in [9.17, 15) is 8.78 Å². The Morgan fingerprint density at radius 2 is 1.29 bits per heavy atom. The zero-order valence-corrected chi connectivity index (χ0v) is 27.2. The summed E-state index contributed by atoms with van der Waals surface area (Å²) in [6, 6.07) is 13.9. The zero-order valence-electron chi connectivity index (χ0n) is 27.2. The van der Waals surface area contributed by atoms with Gasteiger partial charge in [-0.1, -0.05) is 6.08 Å². The lowest BCUT2D eigenvalue weighted by atomic mass is 9.62. The van der Waals surface area contributed by atoms with Crippen LogP contribution in [0, 0.1) is 35.3 Å². The summed E-state index contributed by atoms with van der Waals surface area (Å²) in [5.41, 5.74) is 5.49. The molecule has 5 atom stereocenters. The van der Waals surface area contributed by atoms with Gasteiger partial charge in [-0.2, -0.15) is 0 Å². The molecule has 3 saturated carbocycles. The topological polar surface area (TPSA) is 62.7 Å². The molecule has 0 N–H and O–H groups in total. The second-order valence-corrected chi connectivity index (χ2v) is 14.6. The molecule has 0 radical (unpaired) electrons. The van der Waals surface area contributed by atoms with Gasteiger partial charge in [0.05, 0.1) is 37.5 Å². The number of hydrogen-bond donors (Lipinski definition) is 0. The van der Waals surface area contributed by atoms with Crippen LogP contribution >= 0.6 is 0 Å². The van der Waals surface area contributed by atoms with E-state index in [2.05, 4.69) is 22.1 Å². The third-order valence-corrected chi connectivity index (χ3v) is 12.3. The molecule has 250 valence electrons. The predicted molar refractivity (Wildman–Crippen MR) is 179 cm³/mol. The number of pyridine rings is 2. The summed E-state index contributed by atoms with van der Waals surface area (Å²) < 4.78 is 51.5. The molecular weight excluding hydrogens is 610 g/mol. The van der Waals surface area contributed by atoms with Crippen LogP contribution in [0.3, 0.4) is 0 Å². The van der Waals surface area contributed by atoms with Crippen molar-refractivity contribution in [3.8, 4) is 0 Å². The van der Waals surface area contributed by atoms with Gasteiger partial charge in [0.1, 0.15) is 11.6 Å². The van der Waals surface area contributed by atoms with Gasteiger partial charge in [-0.15, -0.1) is 0 Å². The Morgan fingerprint density at radius 1 is 0.646 bits per heavy atom. The van der Waals surface area contributed by atoms with E-state index < -0.39 is 0 Å². The van der Waals surface area contributed by atoms with Gasteiger partial charge < -0.3 is 18.9 Å². The third-order valence-electron chi connectivity index (χ3n) is 12.3. The second-order valence-electron chi connectivity index (χ2n) is 14.6. The molecule has 6 aliphatic rings. The van der Waals surface area contributed by atoms with E-state index in [0.29, 0.717) is 42.8 Å². The summed E-state index contributed by atoms with van der Waals surface area (Å²) >= 11 is 0. The van der Waals surface area contributed by atoms with Crippen LogP contribution in [0.5, 0.6) is 0 Å². The SMILES string of the molecule is Fc1ccc2nccc(C3=CCC4CC3CCC43OCCO3)c2c1.Fc1ccc2nccc(C3CCC4CC3CCC43OCCO3)c2c1. The quantitative estimate of drug-likeness (QED) is 0.216. The summed E-state index contributed by atoms with van der Waals surface area (Å²) in [5.74, 6) is 1.55. The van der Waals surface area contributed by atoms with Crippen molar-refractivity contribution in [2.45, 2.75) is 75.3 Å². The molecule has 2 saturated heterocycles. The second kappa shape index (κ2) is 12.2. The molecule has 2 spiro atoms. The Hall–Kier alpha value is -3.30. The number of hydrogen-bond acceptors (Lipinski definition) is 6. The first-order valence-electron chi connectivity index (χ1n) is 17.8. The number of halogens is 2. The monoisotopic (exact) mass is 652 g/mol. The normalized spacial score (nSPS) is 30.0. The molecule has 2 aromatic carbocycles. The van der Waals surface area contributed by atoms with Gasteiger partial charge in [0.2, 0.25) is 0 Å². The van der Waals surface area contributed by atoms with Gasteiger partial charge in [-0.3, -0.25) is 9.97 Å². The van der Waals surface area contributed by atoms with Crippen molar-refractivity contribution < 1.29 is 27.7 Å². The Kier molecular flexibility index (Phi) is 7.83. The number of fused-ring (bicyclic) bond motifs is 8. The number of rotatable bonds is 2. The van der Waals surface area contributed by atoms with Crippen molar-refractivity contribution in [2.75, 3.05) is 26.4 Å². The van der Waals surface area contributed by atoms with E-state index in [1.54, 1.807) is 24.3 Å². The van der Waals surface area contributed by atoms with E-state index in [1.165, 1.54) is 23.3 Å². The van der Waals surface area contributed by atoms with Gasteiger partial charge in [-0.05, 0) is 128 Å². The molecule has 6 nitrogen and oxygen atoms in total. The number of aromatic nitrogens is 2. The smallest absolute Gasteiger partial charge is 0.171 e. The maximum absolute atomic E-state index is 13.8. The van der Waals surface area contributed by atoms with Gasteiger partial charge >= 0.3 is 0 Å². The Balaban J connectivity index is 0.000000131. The number of nitrogens with zero attached hydrogens (tertiary/aromatic N) is 2. The molecule has 4 heterocycles. The van der Waals surface area contributed by atoms with Gasteiger partial charge in [-0.25, -0.2) is 8.78 Å². The molecule has 8 heteroatoms. The van der Waals surface area contributed by atoms with Gasteiger partial charge in [0, 0.05) is 47.8 Å². The summed E-state index contributed by atoms with van der Waals surface area (Å²) in [5, 5.41) is 1.89. The summed E-state index contributed by atoms with van der Waals surface area (Å²) in [6.45, 7) is 2.90. The molecule has 10 rings (SSSR count). The summed E-state index contributed by atoms with van der Waals surface area (Å²) in [7, 11) is 0. The fourth-order valence-corrected chi connectivity index (χ4v) is 10.1. The maximum atomic E-state index is 13.8. The van der Waals surface area contributed by atoms with Gasteiger partial charge in [0.15, 0.2) is 11.6 Å². The molecule has 5 unspecified atom stereocenters. The van der Waals surface area contributed by atoms with Crippen LogP contribution in [0.25, 0.3) is 27.4 Å². The van der Waals surface area contributed by atoms with E-state index in [-0.39, 0.29) is 23.2 Å². The van der Waals surface area contributed by atoms with Crippen LogP contribution in [0.2, 0.25) is 0 Å². The van der Waals surface area contributed by atoms with Crippen LogP contribution in [-0.2, 0) is 18.9 Å².